The van der Waals surface area contributed by atoms with Crippen LogP contribution >= 0.6 is 34.4 Å². The standard InChI is InChI=1S/C14H16N2OS3/c17-14(16-5-1-2-12-15-6-9-19-12)13-10-3-7-18-11(10)4-8-20-13/h3,6-7,9,13H,1-2,4-5,8H2,(H,16,17). The minimum atomic E-state index is -0.00939. The van der Waals surface area contributed by atoms with Crippen molar-refractivity contribution in [1.82, 2.24) is 10.3 Å². The molecule has 2 aromatic heterocycles. The molecular formula is C14H16N2OS3. The Morgan fingerprint density at radius 1 is 1.40 bits per heavy atom. The van der Waals surface area contributed by atoms with E-state index in [1.54, 1.807) is 34.4 Å². The van der Waals surface area contributed by atoms with E-state index >= 15 is 0 Å². The average molecular weight is 324 g/mol. The van der Waals surface area contributed by atoms with Gasteiger partial charge in [-0.2, -0.15) is 0 Å². The van der Waals surface area contributed by atoms with Crippen LogP contribution in [0.5, 0.6) is 0 Å². The van der Waals surface area contributed by atoms with Crippen LogP contribution in [0, 0.1) is 0 Å². The van der Waals surface area contributed by atoms with Crippen LogP contribution in [0.15, 0.2) is 23.0 Å². The smallest absolute Gasteiger partial charge is 0.237 e. The number of thiophene rings is 1. The topological polar surface area (TPSA) is 42.0 Å². The van der Waals surface area contributed by atoms with Crippen molar-refractivity contribution in [2.75, 3.05) is 12.3 Å². The van der Waals surface area contributed by atoms with Crippen molar-refractivity contribution < 1.29 is 4.79 Å². The van der Waals surface area contributed by atoms with Gasteiger partial charge in [0.1, 0.15) is 5.25 Å². The summed E-state index contributed by atoms with van der Waals surface area (Å²) >= 11 is 5.21. The Labute approximate surface area is 130 Å². The Hall–Kier alpha value is -0.850. The SMILES string of the molecule is O=C(NCCCc1nccs1)C1SCCc2sccc21. The van der Waals surface area contributed by atoms with Gasteiger partial charge in [-0.25, -0.2) is 4.98 Å². The lowest BCUT2D eigenvalue weighted by Gasteiger charge is -2.21. The van der Waals surface area contributed by atoms with Crippen LogP contribution in [-0.2, 0) is 17.6 Å². The van der Waals surface area contributed by atoms with E-state index in [0.29, 0.717) is 0 Å². The van der Waals surface area contributed by atoms with Crippen molar-refractivity contribution in [3.8, 4) is 0 Å². The van der Waals surface area contributed by atoms with Gasteiger partial charge < -0.3 is 5.32 Å². The first-order valence-corrected chi connectivity index (χ1v) is 9.49. The number of amides is 1. The maximum Gasteiger partial charge on any atom is 0.237 e. The zero-order valence-corrected chi connectivity index (χ0v) is 13.5. The number of thioether (sulfide) groups is 1. The maximum absolute atomic E-state index is 12.3. The summed E-state index contributed by atoms with van der Waals surface area (Å²) < 4.78 is 0. The molecule has 0 fully saturated rings. The third-order valence-corrected chi connectivity index (χ3v) is 6.34. The van der Waals surface area contributed by atoms with Crippen molar-refractivity contribution in [3.63, 3.8) is 0 Å². The number of hydrogen-bond acceptors (Lipinski definition) is 5. The number of fused-ring (bicyclic) bond motifs is 1. The lowest BCUT2D eigenvalue weighted by atomic mass is 10.1. The van der Waals surface area contributed by atoms with Gasteiger partial charge in [-0.05, 0) is 35.6 Å². The van der Waals surface area contributed by atoms with Gasteiger partial charge in [-0.15, -0.1) is 34.4 Å². The second kappa shape index (κ2) is 6.74. The van der Waals surface area contributed by atoms with Gasteiger partial charge in [-0.3, -0.25) is 4.79 Å². The molecule has 20 heavy (non-hydrogen) atoms. The fourth-order valence-electron chi connectivity index (χ4n) is 2.28. The summed E-state index contributed by atoms with van der Waals surface area (Å²) in [4.78, 5) is 17.9. The van der Waals surface area contributed by atoms with Crippen molar-refractivity contribution in [2.24, 2.45) is 0 Å². The van der Waals surface area contributed by atoms with E-state index < -0.39 is 0 Å². The molecule has 0 aromatic carbocycles. The second-order valence-electron chi connectivity index (χ2n) is 4.62. The van der Waals surface area contributed by atoms with Crippen molar-refractivity contribution in [2.45, 2.75) is 24.5 Å². The van der Waals surface area contributed by atoms with Crippen LogP contribution < -0.4 is 5.32 Å². The lowest BCUT2D eigenvalue weighted by molar-refractivity contribution is -0.120. The van der Waals surface area contributed by atoms with Crippen LogP contribution in [0.2, 0.25) is 0 Å². The molecule has 6 heteroatoms. The first kappa shape index (κ1) is 14.1. The van der Waals surface area contributed by atoms with Gasteiger partial charge >= 0.3 is 0 Å². The third kappa shape index (κ3) is 3.24. The zero-order chi connectivity index (χ0) is 13.8. The summed E-state index contributed by atoms with van der Waals surface area (Å²) in [5.41, 5.74) is 1.23. The van der Waals surface area contributed by atoms with E-state index in [-0.39, 0.29) is 11.2 Å². The van der Waals surface area contributed by atoms with Gasteiger partial charge in [0.15, 0.2) is 0 Å². The molecule has 3 heterocycles. The molecule has 1 N–H and O–H groups in total. The number of carbonyl (C=O) groups excluding carboxylic acids is 1. The number of hydrogen-bond donors (Lipinski definition) is 1. The summed E-state index contributed by atoms with van der Waals surface area (Å²) in [5.74, 6) is 1.21. The number of thiazole rings is 1. The molecular weight excluding hydrogens is 308 g/mol. The quantitative estimate of drug-likeness (QED) is 0.858. The number of aromatic nitrogens is 1. The Bertz CT molecular complexity index is 565. The number of nitrogens with one attached hydrogen (secondary N) is 1. The summed E-state index contributed by atoms with van der Waals surface area (Å²) in [6.45, 7) is 0.731. The molecule has 0 aliphatic carbocycles. The van der Waals surface area contributed by atoms with Gasteiger partial charge in [0.05, 0.1) is 5.01 Å². The molecule has 3 nitrogen and oxygen atoms in total. The molecule has 1 aliphatic rings. The van der Waals surface area contributed by atoms with E-state index in [1.807, 2.05) is 11.6 Å². The predicted molar refractivity (Wildman–Crippen MR) is 86.7 cm³/mol. The zero-order valence-electron chi connectivity index (χ0n) is 11.0. The molecule has 0 radical (unpaired) electrons. The minimum absolute atomic E-state index is 0.00939. The van der Waals surface area contributed by atoms with Gasteiger partial charge in [0.25, 0.3) is 0 Å². The molecule has 1 atom stereocenters. The van der Waals surface area contributed by atoms with Gasteiger partial charge in [0, 0.05) is 29.4 Å². The highest BCUT2D eigenvalue weighted by Crippen LogP contribution is 2.39. The number of rotatable bonds is 5. The molecule has 0 saturated heterocycles. The Kier molecular flexibility index (Phi) is 4.75. The van der Waals surface area contributed by atoms with Crippen LogP contribution in [0.3, 0.4) is 0 Å². The fraction of sp³-hybridized carbons (Fsp3) is 0.429. The van der Waals surface area contributed by atoms with E-state index in [9.17, 15) is 4.79 Å². The summed E-state index contributed by atoms with van der Waals surface area (Å²) in [6, 6.07) is 2.10. The molecule has 0 saturated carbocycles. The molecule has 0 bridgehead atoms. The molecule has 2 aromatic rings. The molecule has 1 amide bonds. The van der Waals surface area contributed by atoms with Crippen molar-refractivity contribution in [3.05, 3.63) is 38.5 Å². The van der Waals surface area contributed by atoms with Gasteiger partial charge in [0.2, 0.25) is 5.91 Å². The largest absolute Gasteiger partial charge is 0.355 e. The molecule has 1 aliphatic heterocycles. The highest BCUT2D eigenvalue weighted by atomic mass is 32.2. The van der Waals surface area contributed by atoms with Crippen LogP contribution in [0.1, 0.15) is 27.1 Å². The van der Waals surface area contributed by atoms with Crippen LogP contribution in [0.4, 0.5) is 0 Å². The van der Waals surface area contributed by atoms with E-state index in [4.69, 9.17) is 0 Å². The van der Waals surface area contributed by atoms with E-state index in [1.165, 1.54) is 10.4 Å². The maximum atomic E-state index is 12.3. The number of nitrogens with zero attached hydrogens (tertiary/aromatic N) is 1. The average Bonchev–Trinajstić information content (AvgIpc) is 3.13. The number of aryl methyl sites for hydroxylation is 2. The lowest BCUT2D eigenvalue weighted by Crippen LogP contribution is -2.30. The highest BCUT2D eigenvalue weighted by molar-refractivity contribution is 8.00. The molecule has 3 rings (SSSR count). The monoisotopic (exact) mass is 324 g/mol. The fourth-order valence-corrected chi connectivity index (χ4v) is 5.26. The van der Waals surface area contributed by atoms with E-state index in [2.05, 4.69) is 21.7 Å². The first-order chi connectivity index (χ1) is 9.84. The minimum Gasteiger partial charge on any atom is -0.355 e. The van der Waals surface area contributed by atoms with Crippen LogP contribution in [-0.4, -0.2) is 23.2 Å². The predicted octanol–water partition coefficient (Wildman–Crippen LogP) is 3.28. The Balaban J connectivity index is 1.48. The summed E-state index contributed by atoms with van der Waals surface area (Å²) in [5, 5.41) is 8.29. The van der Waals surface area contributed by atoms with E-state index in [0.717, 1.165) is 36.6 Å². The summed E-state index contributed by atoms with van der Waals surface area (Å²) in [6.07, 6.45) is 4.83. The Morgan fingerprint density at radius 3 is 3.20 bits per heavy atom. The van der Waals surface area contributed by atoms with Crippen molar-refractivity contribution >= 4 is 40.3 Å². The van der Waals surface area contributed by atoms with Gasteiger partial charge in [-0.1, -0.05) is 0 Å². The van der Waals surface area contributed by atoms with Crippen molar-refractivity contribution in [1.29, 1.82) is 0 Å². The number of carbonyl (C=O) groups is 1. The second-order valence-corrected chi connectivity index (χ2v) is 7.81. The first-order valence-electron chi connectivity index (χ1n) is 6.68. The summed E-state index contributed by atoms with van der Waals surface area (Å²) in [7, 11) is 0. The molecule has 106 valence electrons. The molecule has 0 spiro atoms. The normalized spacial score (nSPS) is 17.7. The third-order valence-electron chi connectivity index (χ3n) is 3.26. The molecule has 1 unspecified atom stereocenters. The van der Waals surface area contributed by atoms with Crippen LogP contribution in [0.25, 0.3) is 0 Å². The highest BCUT2D eigenvalue weighted by Gasteiger charge is 2.27. The Morgan fingerprint density at radius 2 is 2.35 bits per heavy atom.